The zero-order chi connectivity index (χ0) is 15.7. The zero-order valence-corrected chi connectivity index (χ0v) is 13.6. The molecule has 4 rings (SSSR count). The average molecular weight is 302 g/mol. The number of aliphatic hydroxyl groups is 1. The van der Waals surface area contributed by atoms with Crippen LogP contribution in [0.4, 0.5) is 0 Å². The highest BCUT2D eigenvalue weighted by Gasteiger charge is 2.61. The predicted octanol–water partition coefficient (Wildman–Crippen LogP) is 3.06. The summed E-state index contributed by atoms with van der Waals surface area (Å²) in [4.78, 5) is 24.2. The van der Waals surface area contributed by atoms with Crippen molar-refractivity contribution in [3.63, 3.8) is 0 Å². The summed E-state index contributed by atoms with van der Waals surface area (Å²) in [5.41, 5.74) is 1.20. The lowest BCUT2D eigenvalue weighted by molar-refractivity contribution is -0.137. The number of Topliss-reactive ketones (excluding diaryl/α,β-unsaturated/α-hetero) is 1. The molecule has 0 radical (unpaired) electrons. The highest BCUT2D eigenvalue weighted by Crippen LogP contribution is 2.64. The first kappa shape index (κ1) is 14.6. The van der Waals surface area contributed by atoms with E-state index >= 15 is 0 Å². The Balaban J connectivity index is 1.70. The lowest BCUT2D eigenvalue weighted by Gasteiger charge is -2.56. The molecule has 22 heavy (non-hydrogen) atoms. The summed E-state index contributed by atoms with van der Waals surface area (Å²) in [7, 11) is 0. The van der Waals surface area contributed by atoms with E-state index < -0.39 is 6.10 Å². The molecule has 0 amide bonds. The van der Waals surface area contributed by atoms with Crippen molar-refractivity contribution in [2.45, 2.75) is 64.9 Å². The van der Waals surface area contributed by atoms with Crippen molar-refractivity contribution in [1.82, 2.24) is 0 Å². The Morgan fingerprint density at radius 3 is 2.59 bits per heavy atom. The highest BCUT2D eigenvalue weighted by molar-refractivity contribution is 5.92. The monoisotopic (exact) mass is 302 g/mol. The molecule has 3 heteroatoms. The van der Waals surface area contributed by atoms with E-state index in [0.29, 0.717) is 30.6 Å². The molecule has 4 aliphatic rings. The summed E-state index contributed by atoms with van der Waals surface area (Å²) in [5.74, 6) is 1.83. The second-order valence-electron chi connectivity index (χ2n) is 8.54. The maximum absolute atomic E-state index is 12.4. The molecule has 0 spiro atoms. The Morgan fingerprint density at radius 2 is 1.82 bits per heavy atom. The zero-order valence-electron chi connectivity index (χ0n) is 13.6. The van der Waals surface area contributed by atoms with E-state index in [1.165, 1.54) is 5.57 Å². The summed E-state index contributed by atoms with van der Waals surface area (Å²) in [6.45, 7) is 4.43. The van der Waals surface area contributed by atoms with Crippen LogP contribution in [0.5, 0.6) is 0 Å². The minimum atomic E-state index is -0.744. The summed E-state index contributed by atoms with van der Waals surface area (Å²) in [6.07, 6.45) is 7.54. The van der Waals surface area contributed by atoms with Crippen LogP contribution in [0.25, 0.3) is 0 Å². The van der Waals surface area contributed by atoms with Crippen LogP contribution in [0, 0.1) is 28.6 Å². The van der Waals surface area contributed by atoms with Crippen molar-refractivity contribution in [2.75, 3.05) is 0 Å². The average Bonchev–Trinajstić information content (AvgIpc) is 2.72. The van der Waals surface area contributed by atoms with E-state index in [4.69, 9.17) is 0 Å². The molecule has 6 atom stereocenters. The van der Waals surface area contributed by atoms with E-state index in [2.05, 4.69) is 13.8 Å². The fourth-order valence-corrected chi connectivity index (χ4v) is 6.35. The Bertz CT molecular complexity index is 577. The number of hydrogen-bond acceptors (Lipinski definition) is 3. The van der Waals surface area contributed by atoms with Gasteiger partial charge in [-0.3, -0.25) is 9.59 Å². The van der Waals surface area contributed by atoms with Gasteiger partial charge in [-0.2, -0.15) is 0 Å². The van der Waals surface area contributed by atoms with Gasteiger partial charge < -0.3 is 5.11 Å². The van der Waals surface area contributed by atoms with Gasteiger partial charge in [-0.05, 0) is 67.8 Å². The lowest BCUT2D eigenvalue weighted by atomic mass is 9.47. The first-order chi connectivity index (χ1) is 10.4. The van der Waals surface area contributed by atoms with Crippen molar-refractivity contribution in [1.29, 1.82) is 0 Å². The van der Waals surface area contributed by atoms with Gasteiger partial charge in [-0.25, -0.2) is 0 Å². The van der Waals surface area contributed by atoms with E-state index in [0.717, 1.165) is 32.1 Å². The Kier molecular flexibility index (Phi) is 3.01. The largest absolute Gasteiger partial charge is 0.385 e. The molecule has 120 valence electrons. The van der Waals surface area contributed by atoms with Crippen molar-refractivity contribution in [3.8, 4) is 0 Å². The van der Waals surface area contributed by atoms with E-state index in [9.17, 15) is 14.7 Å². The fourth-order valence-electron chi connectivity index (χ4n) is 6.35. The van der Waals surface area contributed by atoms with E-state index in [1.807, 2.05) is 6.08 Å². The molecule has 1 N–H and O–H groups in total. The van der Waals surface area contributed by atoms with Crippen LogP contribution in [-0.2, 0) is 9.59 Å². The van der Waals surface area contributed by atoms with Gasteiger partial charge in [0, 0.05) is 11.8 Å². The third kappa shape index (κ3) is 1.72. The first-order valence-corrected chi connectivity index (χ1v) is 8.82. The van der Waals surface area contributed by atoms with Gasteiger partial charge in [-0.15, -0.1) is 0 Å². The Morgan fingerprint density at radius 1 is 1.05 bits per heavy atom. The smallest absolute Gasteiger partial charge is 0.167 e. The molecule has 4 aliphatic carbocycles. The van der Waals surface area contributed by atoms with Gasteiger partial charge >= 0.3 is 0 Å². The van der Waals surface area contributed by atoms with Crippen LogP contribution < -0.4 is 0 Å². The van der Waals surface area contributed by atoms with Gasteiger partial charge in [0.25, 0.3) is 0 Å². The van der Waals surface area contributed by atoms with Crippen molar-refractivity contribution in [2.24, 2.45) is 28.6 Å². The second kappa shape index (κ2) is 4.53. The van der Waals surface area contributed by atoms with Crippen LogP contribution >= 0.6 is 0 Å². The molecule has 0 aromatic rings. The number of ketones is 2. The van der Waals surface area contributed by atoms with E-state index in [1.54, 1.807) is 0 Å². The van der Waals surface area contributed by atoms with Crippen LogP contribution in [0.3, 0.4) is 0 Å². The van der Waals surface area contributed by atoms with Crippen molar-refractivity contribution < 1.29 is 14.7 Å². The molecule has 0 aromatic carbocycles. The third-order valence-corrected chi connectivity index (χ3v) is 7.69. The van der Waals surface area contributed by atoms with Gasteiger partial charge in [0.05, 0.1) is 0 Å². The third-order valence-electron chi connectivity index (χ3n) is 7.69. The van der Waals surface area contributed by atoms with Crippen LogP contribution in [0.1, 0.15) is 58.8 Å². The summed E-state index contributed by atoms with van der Waals surface area (Å²) < 4.78 is 0. The Labute approximate surface area is 132 Å². The molecule has 3 saturated carbocycles. The molecule has 0 heterocycles. The van der Waals surface area contributed by atoms with Gasteiger partial charge in [0.2, 0.25) is 0 Å². The highest BCUT2D eigenvalue weighted by atomic mass is 16.3. The summed E-state index contributed by atoms with van der Waals surface area (Å²) in [5, 5.41) is 10.1. The van der Waals surface area contributed by atoms with Gasteiger partial charge in [-0.1, -0.05) is 19.4 Å². The fraction of sp³-hybridized carbons (Fsp3) is 0.789. The SMILES string of the molecule is CC12CCC3C(CCC4=CC(=O)CCC43C)C1C[C@@H](O)C2=O. The van der Waals surface area contributed by atoms with Crippen molar-refractivity contribution in [3.05, 3.63) is 11.6 Å². The molecule has 3 nitrogen and oxygen atoms in total. The quantitative estimate of drug-likeness (QED) is 0.748. The summed E-state index contributed by atoms with van der Waals surface area (Å²) >= 11 is 0. The molecular formula is C19H26O3. The number of allylic oxidation sites excluding steroid dienone is 1. The molecule has 3 fully saturated rings. The molecule has 0 aliphatic heterocycles. The standard InChI is InChI=1S/C19H26O3/c1-18-7-5-12(20)9-11(18)3-4-13-14(18)6-8-19(2)15(13)10-16(21)17(19)22/h9,13-16,21H,3-8,10H2,1-2H3/t13?,14?,15?,16-,18?,19?/m1/s1. The normalized spacial score (nSPS) is 51.0. The maximum Gasteiger partial charge on any atom is 0.167 e. The predicted molar refractivity (Wildman–Crippen MR) is 83.1 cm³/mol. The van der Waals surface area contributed by atoms with Crippen molar-refractivity contribution >= 4 is 11.6 Å². The number of hydrogen-bond donors (Lipinski definition) is 1. The first-order valence-electron chi connectivity index (χ1n) is 8.82. The summed E-state index contributed by atoms with van der Waals surface area (Å²) in [6, 6.07) is 0. The number of carbonyl (C=O) groups is 2. The number of aliphatic hydroxyl groups excluding tert-OH is 1. The van der Waals surface area contributed by atoms with Gasteiger partial charge in [0.15, 0.2) is 11.6 Å². The molecule has 0 saturated heterocycles. The lowest BCUT2D eigenvalue weighted by Crippen LogP contribution is -2.50. The maximum atomic E-state index is 12.4. The van der Waals surface area contributed by atoms with Crippen LogP contribution in [0.2, 0.25) is 0 Å². The second-order valence-corrected chi connectivity index (χ2v) is 8.54. The number of carbonyl (C=O) groups excluding carboxylic acids is 2. The Hall–Kier alpha value is -0.960. The van der Waals surface area contributed by atoms with Gasteiger partial charge in [0.1, 0.15) is 6.10 Å². The molecule has 0 bridgehead atoms. The molecule has 0 aromatic heterocycles. The topological polar surface area (TPSA) is 54.4 Å². The van der Waals surface area contributed by atoms with Crippen LogP contribution in [-0.4, -0.2) is 22.8 Å². The van der Waals surface area contributed by atoms with Crippen LogP contribution in [0.15, 0.2) is 11.6 Å². The minimum Gasteiger partial charge on any atom is -0.385 e. The van der Waals surface area contributed by atoms with E-state index in [-0.39, 0.29) is 22.4 Å². The number of fused-ring (bicyclic) bond motifs is 5. The number of rotatable bonds is 0. The molecule has 5 unspecified atom stereocenters. The molecular weight excluding hydrogens is 276 g/mol. The minimum absolute atomic E-state index is 0.0845.